The van der Waals surface area contributed by atoms with Gasteiger partial charge in [0, 0.05) is 21.1 Å². The van der Waals surface area contributed by atoms with Crippen LogP contribution in [0.5, 0.6) is 0 Å². The van der Waals surface area contributed by atoms with Crippen molar-refractivity contribution in [1.82, 2.24) is 9.88 Å². The van der Waals surface area contributed by atoms with Crippen LogP contribution in [0.4, 0.5) is 5.69 Å². The van der Waals surface area contributed by atoms with Crippen molar-refractivity contribution in [2.24, 2.45) is 0 Å². The molecule has 1 fully saturated rings. The van der Waals surface area contributed by atoms with E-state index in [1.165, 1.54) is 18.1 Å². The number of thiocarbonyl (C=S) groups is 1. The largest absolute Gasteiger partial charge is 0.468 e. The molecule has 2 amide bonds. The van der Waals surface area contributed by atoms with E-state index in [2.05, 4.69) is 21.2 Å². The zero-order valence-electron chi connectivity index (χ0n) is 16.3. The smallest absolute Gasteiger partial charge is 0.325 e. The van der Waals surface area contributed by atoms with Crippen LogP contribution in [0.3, 0.4) is 0 Å². The topological polar surface area (TPSA) is 80.6 Å². The number of aromatic nitrogens is 1. The second kappa shape index (κ2) is 8.44. The van der Waals surface area contributed by atoms with Crippen molar-refractivity contribution in [2.75, 3.05) is 12.0 Å². The number of anilines is 1. The van der Waals surface area contributed by atoms with Crippen molar-refractivity contribution < 1.29 is 19.1 Å². The Morgan fingerprint density at radius 2 is 1.94 bits per heavy atom. The number of methoxy groups -OCH3 is 1. The SMILES string of the molecule is COC(=O)Cn1c(/C=C2\C(=O)NC(=S)N(c3cccc(Br)c3)C2=O)cc2ccccc21. The molecule has 0 unspecified atom stereocenters. The van der Waals surface area contributed by atoms with Gasteiger partial charge in [0.05, 0.1) is 12.8 Å². The molecule has 0 atom stereocenters. The second-order valence-electron chi connectivity index (χ2n) is 6.73. The normalized spacial score (nSPS) is 15.5. The highest BCUT2D eigenvalue weighted by molar-refractivity contribution is 9.10. The Morgan fingerprint density at radius 3 is 2.68 bits per heavy atom. The van der Waals surface area contributed by atoms with E-state index in [0.29, 0.717) is 11.4 Å². The third-order valence-electron chi connectivity index (χ3n) is 4.82. The predicted molar refractivity (Wildman–Crippen MR) is 124 cm³/mol. The lowest BCUT2D eigenvalue weighted by molar-refractivity contribution is -0.141. The molecule has 2 heterocycles. The lowest BCUT2D eigenvalue weighted by Gasteiger charge is -2.29. The third-order valence-corrected chi connectivity index (χ3v) is 5.60. The number of hydrogen-bond acceptors (Lipinski definition) is 5. The molecule has 0 bridgehead atoms. The Morgan fingerprint density at radius 1 is 1.16 bits per heavy atom. The highest BCUT2D eigenvalue weighted by Crippen LogP contribution is 2.27. The van der Waals surface area contributed by atoms with Gasteiger partial charge in [-0.1, -0.05) is 40.2 Å². The molecule has 0 aliphatic carbocycles. The van der Waals surface area contributed by atoms with E-state index >= 15 is 0 Å². The van der Waals surface area contributed by atoms with E-state index in [9.17, 15) is 14.4 Å². The number of carbonyl (C=O) groups is 3. The highest BCUT2D eigenvalue weighted by atomic mass is 79.9. The number of rotatable bonds is 4. The van der Waals surface area contributed by atoms with Gasteiger partial charge in [-0.2, -0.15) is 0 Å². The zero-order valence-corrected chi connectivity index (χ0v) is 18.7. The molecule has 1 N–H and O–H groups in total. The molecule has 0 saturated carbocycles. The summed E-state index contributed by atoms with van der Waals surface area (Å²) in [4.78, 5) is 39.1. The number of fused-ring (bicyclic) bond motifs is 1. The lowest BCUT2D eigenvalue weighted by Crippen LogP contribution is -2.54. The van der Waals surface area contributed by atoms with E-state index in [-0.39, 0.29) is 17.2 Å². The van der Waals surface area contributed by atoms with Gasteiger partial charge in [0.2, 0.25) is 0 Å². The van der Waals surface area contributed by atoms with Crippen molar-refractivity contribution in [3.8, 4) is 0 Å². The van der Waals surface area contributed by atoms with Crippen molar-refractivity contribution in [3.05, 3.63) is 70.3 Å². The Hall–Kier alpha value is -3.30. The fourth-order valence-corrected chi connectivity index (χ4v) is 4.04. The fraction of sp³-hybridized carbons (Fsp3) is 0.0909. The average molecular weight is 498 g/mol. The summed E-state index contributed by atoms with van der Waals surface area (Å²) in [6, 6.07) is 16.3. The summed E-state index contributed by atoms with van der Waals surface area (Å²) in [5.41, 5.74) is 1.72. The number of para-hydroxylation sites is 1. The molecular formula is C22H16BrN3O4S. The number of carbonyl (C=O) groups excluding carboxylic acids is 3. The first-order valence-electron chi connectivity index (χ1n) is 9.21. The molecule has 0 radical (unpaired) electrons. The van der Waals surface area contributed by atoms with E-state index in [1.54, 1.807) is 22.8 Å². The maximum absolute atomic E-state index is 13.3. The first kappa shape index (κ1) is 21.0. The van der Waals surface area contributed by atoms with Gasteiger partial charge in [0.1, 0.15) is 12.1 Å². The van der Waals surface area contributed by atoms with Gasteiger partial charge in [0.15, 0.2) is 5.11 Å². The average Bonchev–Trinajstić information content (AvgIpc) is 3.08. The molecule has 1 aromatic heterocycles. The molecule has 1 saturated heterocycles. The van der Waals surface area contributed by atoms with E-state index in [0.717, 1.165) is 15.4 Å². The van der Waals surface area contributed by atoms with Gasteiger partial charge in [-0.05, 0) is 48.6 Å². The first-order chi connectivity index (χ1) is 14.9. The second-order valence-corrected chi connectivity index (χ2v) is 8.03. The number of nitrogens with one attached hydrogen (secondary N) is 1. The fourth-order valence-electron chi connectivity index (χ4n) is 3.38. The minimum atomic E-state index is -0.601. The van der Waals surface area contributed by atoms with Gasteiger partial charge >= 0.3 is 5.97 Å². The number of nitrogens with zero attached hydrogens (tertiary/aromatic N) is 2. The summed E-state index contributed by atoms with van der Waals surface area (Å²) < 4.78 is 7.27. The molecule has 1 aliphatic rings. The Kier molecular flexibility index (Phi) is 5.71. The van der Waals surface area contributed by atoms with Crippen LogP contribution in [0.15, 0.2) is 64.6 Å². The van der Waals surface area contributed by atoms with Crippen LogP contribution >= 0.6 is 28.1 Å². The van der Waals surface area contributed by atoms with Crippen LogP contribution in [0.2, 0.25) is 0 Å². The number of halogens is 1. The number of benzene rings is 2. The van der Waals surface area contributed by atoms with E-state index < -0.39 is 17.8 Å². The minimum absolute atomic E-state index is 0.000328. The Labute approximate surface area is 191 Å². The first-order valence-corrected chi connectivity index (χ1v) is 10.4. The number of ether oxygens (including phenoxy) is 1. The standard InChI is InChI=1S/C22H16BrN3O4S/c1-30-19(27)12-25-16(9-13-5-2-3-8-18(13)25)11-17-20(28)24-22(31)26(21(17)29)15-7-4-6-14(23)10-15/h2-11H,12H2,1H3,(H,24,28,31)/b17-11+. The maximum Gasteiger partial charge on any atom is 0.325 e. The van der Waals surface area contributed by atoms with Crippen molar-refractivity contribution >= 4 is 73.7 Å². The van der Waals surface area contributed by atoms with Gasteiger partial charge in [-0.3, -0.25) is 24.6 Å². The van der Waals surface area contributed by atoms with Crippen molar-refractivity contribution in [1.29, 1.82) is 0 Å². The summed E-state index contributed by atoms with van der Waals surface area (Å²) in [6.07, 6.45) is 1.47. The third kappa shape index (κ3) is 4.01. The predicted octanol–water partition coefficient (Wildman–Crippen LogP) is 3.41. The van der Waals surface area contributed by atoms with E-state index in [1.807, 2.05) is 36.4 Å². The van der Waals surface area contributed by atoms with Crippen LogP contribution in [0.25, 0.3) is 17.0 Å². The summed E-state index contributed by atoms with van der Waals surface area (Å²) in [5, 5.41) is 3.43. The molecule has 2 aromatic carbocycles. The molecule has 9 heteroatoms. The minimum Gasteiger partial charge on any atom is -0.468 e. The molecule has 3 aromatic rings. The zero-order chi connectivity index (χ0) is 22.1. The van der Waals surface area contributed by atoms with Crippen LogP contribution in [-0.2, 0) is 25.7 Å². The summed E-state index contributed by atoms with van der Waals surface area (Å²) >= 11 is 8.62. The van der Waals surface area contributed by atoms with Gasteiger partial charge in [-0.15, -0.1) is 0 Å². The van der Waals surface area contributed by atoms with Gasteiger partial charge < -0.3 is 9.30 Å². The molecule has 156 valence electrons. The molecular weight excluding hydrogens is 482 g/mol. The molecule has 31 heavy (non-hydrogen) atoms. The Bertz CT molecular complexity index is 1280. The molecule has 1 aliphatic heterocycles. The van der Waals surface area contributed by atoms with Crippen LogP contribution < -0.4 is 10.2 Å². The summed E-state index contributed by atoms with van der Waals surface area (Å²) in [6.45, 7) is -0.0628. The highest BCUT2D eigenvalue weighted by Gasteiger charge is 2.35. The number of amides is 2. The summed E-state index contributed by atoms with van der Waals surface area (Å²) in [7, 11) is 1.31. The Balaban J connectivity index is 1.82. The van der Waals surface area contributed by atoms with Crippen LogP contribution in [0.1, 0.15) is 5.69 Å². The summed E-state index contributed by atoms with van der Waals surface area (Å²) in [5.74, 6) is -1.60. The van der Waals surface area contributed by atoms with Crippen molar-refractivity contribution in [2.45, 2.75) is 6.54 Å². The molecule has 0 spiro atoms. The van der Waals surface area contributed by atoms with Crippen LogP contribution in [-0.4, -0.2) is 34.6 Å². The van der Waals surface area contributed by atoms with Gasteiger partial charge in [-0.25, -0.2) is 0 Å². The quantitative estimate of drug-likeness (QED) is 0.258. The van der Waals surface area contributed by atoms with E-state index in [4.69, 9.17) is 17.0 Å². The molecule has 7 nitrogen and oxygen atoms in total. The van der Waals surface area contributed by atoms with Crippen molar-refractivity contribution in [3.63, 3.8) is 0 Å². The maximum atomic E-state index is 13.3. The monoisotopic (exact) mass is 497 g/mol. The molecule has 4 rings (SSSR count). The lowest BCUT2D eigenvalue weighted by atomic mass is 10.1. The van der Waals surface area contributed by atoms with Crippen LogP contribution in [0, 0.1) is 0 Å². The number of hydrogen-bond donors (Lipinski definition) is 1. The number of esters is 1. The van der Waals surface area contributed by atoms with Gasteiger partial charge in [0.25, 0.3) is 11.8 Å².